The van der Waals surface area contributed by atoms with Gasteiger partial charge in [-0.15, -0.1) is 0 Å². The molecule has 0 aliphatic carbocycles. The fourth-order valence-electron chi connectivity index (χ4n) is 4.14. The van der Waals surface area contributed by atoms with Crippen LogP contribution in [0, 0.1) is 27.6 Å². The molecule has 0 aromatic heterocycles. The summed E-state index contributed by atoms with van der Waals surface area (Å²) in [6, 6.07) is 0. The molecule has 0 unspecified atom stereocenters. The van der Waals surface area contributed by atoms with Crippen LogP contribution in [-0.2, 0) is 19.1 Å². The van der Waals surface area contributed by atoms with Gasteiger partial charge >= 0.3 is 11.9 Å². The summed E-state index contributed by atoms with van der Waals surface area (Å²) in [5.41, 5.74) is 6.00. The van der Waals surface area contributed by atoms with Gasteiger partial charge in [-0.2, -0.15) is 0 Å². The van der Waals surface area contributed by atoms with Crippen LogP contribution in [0.1, 0.15) is 110 Å². The Morgan fingerprint density at radius 2 is 1.09 bits per heavy atom. The molecule has 0 saturated carbocycles. The molecule has 6 heteroatoms. The van der Waals surface area contributed by atoms with E-state index >= 15 is 0 Å². The molecule has 0 atom stereocenters. The van der Waals surface area contributed by atoms with Gasteiger partial charge in [0.05, 0.1) is 22.2 Å². The summed E-state index contributed by atoms with van der Waals surface area (Å²) < 4.78 is 11.2. The van der Waals surface area contributed by atoms with Gasteiger partial charge in [0, 0.05) is 6.54 Å². The lowest BCUT2D eigenvalue weighted by Crippen LogP contribution is -2.35. The first kappa shape index (κ1) is 34.4. The van der Waals surface area contributed by atoms with Gasteiger partial charge in [-0.25, -0.2) is 0 Å². The number of carbonyl (C=O) groups is 2. The molecular formula is C28H56N2O4. The second-order valence-corrected chi connectivity index (χ2v) is 13.2. The fourth-order valence-corrected chi connectivity index (χ4v) is 4.14. The van der Waals surface area contributed by atoms with Gasteiger partial charge in [0.15, 0.2) is 0 Å². The normalized spacial score (nSPS) is 13.5. The zero-order chi connectivity index (χ0) is 27.5. The minimum Gasteiger partial charge on any atom is -0.459 e. The molecule has 0 aliphatic heterocycles. The lowest BCUT2D eigenvalue weighted by atomic mass is 9.76. The summed E-state index contributed by atoms with van der Waals surface area (Å²) in [5, 5.41) is 3.26. The van der Waals surface area contributed by atoms with Crippen LogP contribution in [0.4, 0.5) is 0 Å². The summed E-state index contributed by atoms with van der Waals surface area (Å²) in [7, 11) is 0. The molecule has 0 spiro atoms. The highest BCUT2D eigenvalue weighted by Gasteiger charge is 2.35. The summed E-state index contributed by atoms with van der Waals surface area (Å²) in [6.45, 7) is 29.0. The Hall–Kier alpha value is -1.72. The second kappa shape index (κ2) is 14.0. The second-order valence-electron chi connectivity index (χ2n) is 13.2. The Labute approximate surface area is 210 Å². The van der Waals surface area contributed by atoms with Crippen molar-refractivity contribution in [2.24, 2.45) is 33.3 Å². The van der Waals surface area contributed by atoms with E-state index in [9.17, 15) is 9.59 Å². The smallest absolute Gasteiger partial charge is 0.311 e. The van der Waals surface area contributed by atoms with Crippen molar-refractivity contribution in [2.75, 3.05) is 19.8 Å². The van der Waals surface area contributed by atoms with E-state index in [2.05, 4.69) is 60.7 Å². The Kier molecular flexibility index (Phi) is 14.2. The van der Waals surface area contributed by atoms with Crippen LogP contribution in [-0.4, -0.2) is 31.7 Å². The molecule has 0 aromatic carbocycles. The highest BCUT2D eigenvalue weighted by molar-refractivity contribution is 5.76. The maximum Gasteiger partial charge on any atom is 0.311 e. The number of hydrogen-bond acceptors (Lipinski definition) is 6. The van der Waals surface area contributed by atoms with Crippen LogP contribution in [0.3, 0.4) is 0 Å². The van der Waals surface area contributed by atoms with Gasteiger partial charge < -0.3 is 20.5 Å². The number of esters is 2. The van der Waals surface area contributed by atoms with Gasteiger partial charge in [-0.1, -0.05) is 69.2 Å². The van der Waals surface area contributed by atoms with E-state index in [0.29, 0.717) is 36.7 Å². The molecule has 0 saturated heterocycles. The van der Waals surface area contributed by atoms with Gasteiger partial charge in [0.1, 0.15) is 13.2 Å². The first-order chi connectivity index (χ1) is 15.2. The topological polar surface area (TPSA) is 90.7 Å². The van der Waals surface area contributed by atoms with Crippen molar-refractivity contribution in [3.63, 3.8) is 0 Å². The van der Waals surface area contributed by atoms with Crippen LogP contribution in [0.5, 0.6) is 0 Å². The number of nitrogens with one attached hydrogen (secondary N) is 1. The van der Waals surface area contributed by atoms with Crippen molar-refractivity contribution in [3.8, 4) is 0 Å². The first-order valence-corrected chi connectivity index (χ1v) is 12.7. The van der Waals surface area contributed by atoms with Crippen molar-refractivity contribution in [2.45, 2.75) is 110 Å². The summed E-state index contributed by atoms with van der Waals surface area (Å²) in [5.74, 6) is -0.187. The zero-order valence-corrected chi connectivity index (χ0v) is 24.8. The predicted molar refractivity (Wildman–Crippen MR) is 143 cm³/mol. The summed E-state index contributed by atoms with van der Waals surface area (Å²) in [6.07, 6.45) is 1.40. The monoisotopic (exact) mass is 484 g/mol. The van der Waals surface area contributed by atoms with Crippen molar-refractivity contribution in [3.05, 3.63) is 11.4 Å². The van der Waals surface area contributed by atoms with E-state index in [-0.39, 0.29) is 36.0 Å². The predicted octanol–water partition coefficient (Wildman–Crippen LogP) is 6.44. The fraction of sp³-hybridized carbons (Fsp3) is 0.857. The number of ether oxygens (including phenoxy) is 2. The highest BCUT2D eigenvalue weighted by Crippen LogP contribution is 2.35. The van der Waals surface area contributed by atoms with Gasteiger partial charge in [0.2, 0.25) is 0 Å². The average molecular weight is 485 g/mol. The van der Waals surface area contributed by atoms with Gasteiger partial charge in [-0.05, 0) is 57.3 Å². The number of hydrogen-bond donors (Lipinski definition) is 2. The van der Waals surface area contributed by atoms with Crippen LogP contribution in [0.25, 0.3) is 0 Å². The van der Waals surface area contributed by atoms with E-state index in [1.165, 1.54) is 0 Å². The molecular weight excluding hydrogens is 428 g/mol. The lowest BCUT2D eigenvalue weighted by molar-refractivity contribution is -0.156. The van der Waals surface area contributed by atoms with E-state index in [0.717, 1.165) is 0 Å². The Bertz CT molecular complexity index is 663. The van der Waals surface area contributed by atoms with Gasteiger partial charge in [-0.3, -0.25) is 9.59 Å². The minimum atomic E-state index is -0.618. The van der Waals surface area contributed by atoms with Crippen molar-refractivity contribution in [1.29, 1.82) is 0 Å². The average Bonchev–Trinajstić information content (AvgIpc) is 2.63. The third kappa shape index (κ3) is 15.2. The van der Waals surface area contributed by atoms with Crippen LogP contribution >= 0.6 is 0 Å². The molecule has 6 nitrogen and oxygen atoms in total. The SMILES string of the molecule is CC.CC(C)CN/C(COC(=O)C(C)(C)CC(C)(C)C)=C(\N)COC(=O)C(C)(C)CC(C)(C)C. The molecule has 0 rings (SSSR count). The first-order valence-electron chi connectivity index (χ1n) is 12.7. The van der Waals surface area contributed by atoms with E-state index < -0.39 is 10.8 Å². The largest absolute Gasteiger partial charge is 0.459 e. The molecule has 0 fully saturated rings. The van der Waals surface area contributed by atoms with Crippen molar-refractivity contribution < 1.29 is 19.1 Å². The molecule has 0 aromatic rings. The standard InChI is InChI=1S/C26H50N2O4.C2H6/c1-18(2)13-28-20(15-32-22(30)26(11,12)17-24(6,7)8)19(27)14-31-21(29)25(9,10)16-23(3,4)5;1-2/h18,28H,13-17,27H2,1-12H3;1-2H3/b20-19-;. The quantitative estimate of drug-likeness (QED) is 0.328. The van der Waals surface area contributed by atoms with Gasteiger partial charge in [0.25, 0.3) is 0 Å². The highest BCUT2D eigenvalue weighted by atomic mass is 16.5. The molecule has 0 amide bonds. The lowest BCUT2D eigenvalue weighted by Gasteiger charge is -2.31. The molecule has 202 valence electrons. The van der Waals surface area contributed by atoms with Crippen molar-refractivity contribution in [1.82, 2.24) is 5.32 Å². The number of rotatable bonds is 11. The van der Waals surface area contributed by atoms with Crippen LogP contribution in [0.2, 0.25) is 0 Å². The Morgan fingerprint density at radius 1 is 0.735 bits per heavy atom. The maximum atomic E-state index is 12.7. The zero-order valence-electron chi connectivity index (χ0n) is 24.8. The Balaban J connectivity index is 0. The molecule has 34 heavy (non-hydrogen) atoms. The van der Waals surface area contributed by atoms with Crippen molar-refractivity contribution >= 4 is 11.9 Å². The molecule has 0 radical (unpaired) electrons. The number of nitrogens with two attached hydrogens (primary N) is 1. The van der Waals surface area contributed by atoms with E-state index in [4.69, 9.17) is 15.2 Å². The number of carbonyl (C=O) groups excluding carboxylic acids is 2. The Morgan fingerprint density at radius 3 is 1.41 bits per heavy atom. The minimum absolute atomic E-state index is 0.00193. The summed E-state index contributed by atoms with van der Waals surface area (Å²) >= 11 is 0. The van der Waals surface area contributed by atoms with Crippen LogP contribution in [0.15, 0.2) is 11.4 Å². The van der Waals surface area contributed by atoms with E-state index in [1.54, 1.807) is 0 Å². The molecule has 0 bridgehead atoms. The summed E-state index contributed by atoms with van der Waals surface area (Å²) in [4.78, 5) is 25.4. The maximum absolute atomic E-state index is 12.7. The van der Waals surface area contributed by atoms with Crippen LogP contribution < -0.4 is 11.1 Å². The third-order valence-corrected chi connectivity index (χ3v) is 4.87. The third-order valence-electron chi connectivity index (χ3n) is 4.87. The van der Waals surface area contributed by atoms with E-state index in [1.807, 2.05) is 41.5 Å². The molecule has 3 N–H and O–H groups in total. The molecule has 0 heterocycles. The molecule has 0 aliphatic rings.